The molecule has 0 N–H and O–H groups in total. The third kappa shape index (κ3) is 2.48. The predicted octanol–water partition coefficient (Wildman–Crippen LogP) is 3.24. The Kier molecular flexibility index (Phi) is 4.07. The van der Waals surface area contributed by atoms with Crippen LogP contribution in [0.5, 0.6) is 0 Å². The van der Waals surface area contributed by atoms with E-state index in [-0.39, 0.29) is 0 Å². The van der Waals surface area contributed by atoms with Crippen molar-refractivity contribution in [3.63, 3.8) is 0 Å². The summed E-state index contributed by atoms with van der Waals surface area (Å²) in [5, 5.41) is 0. The molecular formula is C11H22O. The summed E-state index contributed by atoms with van der Waals surface area (Å²) in [4.78, 5) is 0. The highest BCUT2D eigenvalue weighted by Gasteiger charge is 2.26. The Morgan fingerprint density at radius 3 is 2.50 bits per heavy atom. The molecule has 1 saturated carbocycles. The lowest BCUT2D eigenvalue weighted by Gasteiger charge is -2.33. The van der Waals surface area contributed by atoms with E-state index in [1.165, 1.54) is 25.7 Å². The molecule has 0 radical (unpaired) electrons. The molecule has 0 heterocycles. The number of hydrogen-bond acceptors (Lipinski definition) is 1. The molecular weight excluding hydrogens is 148 g/mol. The molecule has 1 aliphatic carbocycles. The topological polar surface area (TPSA) is 9.23 Å². The second kappa shape index (κ2) is 4.86. The molecule has 0 aromatic rings. The molecule has 0 aliphatic heterocycles. The van der Waals surface area contributed by atoms with Gasteiger partial charge in [0.25, 0.3) is 0 Å². The maximum absolute atomic E-state index is 5.65. The molecule has 1 fully saturated rings. The van der Waals surface area contributed by atoms with Gasteiger partial charge in [0, 0.05) is 6.61 Å². The zero-order valence-corrected chi connectivity index (χ0v) is 8.68. The monoisotopic (exact) mass is 170 g/mol. The van der Waals surface area contributed by atoms with E-state index in [0.717, 1.165) is 18.4 Å². The van der Waals surface area contributed by atoms with Crippen LogP contribution in [0.3, 0.4) is 0 Å². The summed E-state index contributed by atoms with van der Waals surface area (Å²) >= 11 is 0. The zero-order chi connectivity index (χ0) is 8.97. The summed E-state index contributed by atoms with van der Waals surface area (Å²) < 4.78 is 5.65. The van der Waals surface area contributed by atoms with Crippen LogP contribution in [-0.2, 0) is 4.74 Å². The lowest BCUT2D eigenvalue weighted by Crippen LogP contribution is -2.27. The van der Waals surface area contributed by atoms with Crippen molar-refractivity contribution < 1.29 is 4.74 Å². The molecule has 1 heteroatoms. The molecule has 1 rings (SSSR count). The van der Waals surface area contributed by atoms with Gasteiger partial charge in [0.1, 0.15) is 0 Å². The van der Waals surface area contributed by atoms with Gasteiger partial charge in [-0.2, -0.15) is 0 Å². The highest BCUT2D eigenvalue weighted by Crippen LogP contribution is 2.33. The Hall–Kier alpha value is -0.0400. The van der Waals surface area contributed by atoms with E-state index >= 15 is 0 Å². The van der Waals surface area contributed by atoms with Crippen LogP contribution in [0, 0.1) is 11.8 Å². The molecule has 1 aliphatic rings. The molecule has 0 aromatic heterocycles. The van der Waals surface area contributed by atoms with Crippen LogP contribution in [0.15, 0.2) is 0 Å². The highest BCUT2D eigenvalue weighted by molar-refractivity contribution is 4.77. The maximum atomic E-state index is 5.65. The van der Waals surface area contributed by atoms with E-state index in [1.54, 1.807) is 0 Å². The van der Waals surface area contributed by atoms with Gasteiger partial charge in [0.15, 0.2) is 0 Å². The Bertz CT molecular complexity index is 122. The van der Waals surface area contributed by atoms with Crippen LogP contribution < -0.4 is 0 Å². The van der Waals surface area contributed by atoms with Crippen LogP contribution in [-0.4, -0.2) is 12.7 Å². The standard InChI is InChI=1S/C11H22O/c1-4-10-6-7-11(12-5-2)8-9(10)3/h9-11H,4-8H2,1-3H3. The number of ether oxygens (including phenoxy) is 1. The first-order valence-corrected chi connectivity index (χ1v) is 5.39. The van der Waals surface area contributed by atoms with Crippen molar-refractivity contribution in [2.75, 3.05) is 6.61 Å². The summed E-state index contributed by atoms with van der Waals surface area (Å²) in [6.45, 7) is 7.66. The van der Waals surface area contributed by atoms with Crippen molar-refractivity contribution in [1.29, 1.82) is 0 Å². The zero-order valence-electron chi connectivity index (χ0n) is 8.68. The van der Waals surface area contributed by atoms with Crippen LogP contribution in [0.2, 0.25) is 0 Å². The third-order valence-corrected chi connectivity index (χ3v) is 3.23. The second-order valence-electron chi connectivity index (χ2n) is 4.04. The van der Waals surface area contributed by atoms with Gasteiger partial charge in [-0.25, -0.2) is 0 Å². The molecule has 1 nitrogen and oxygen atoms in total. The maximum Gasteiger partial charge on any atom is 0.0577 e. The average molecular weight is 170 g/mol. The minimum absolute atomic E-state index is 0.563. The fourth-order valence-corrected chi connectivity index (χ4v) is 2.40. The molecule has 0 amide bonds. The van der Waals surface area contributed by atoms with Crippen molar-refractivity contribution in [1.82, 2.24) is 0 Å². The summed E-state index contributed by atoms with van der Waals surface area (Å²) in [7, 11) is 0. The van der Waals surface area contributed by atoms with E-state index in [9.17, 15) is 0 Å². The normalized spacial score (nSPS) is 36.8. The minimum atomic E-state index is 0.563. The Balaban J connectivity index is 2.30. The fraction of sp³-hybridized carbons (Fsp3) is 1.00. The number of rotatable bonds is 3. The molecule has 72 valence electrons. The molecule has 0 bridgehead atoms. The molecule has 3 unspecified atom stereocenters. The van der Waals surface area contributed by atoms with Crippen molar-refractivity contribution in [3.05, 3.63) is 0 Å². The van der Waals surface area contributed by atoms with Gasteiger partial charge in [-0.3, -0.25) is 0 Å². The Labute approximate surface area is 76.5 Å². The van der Waals surface area contributed by atoms with Gasteiger partial charge in [-0.05, 0) is 38.0 Å². The smallest absolute Gasteiger partial charge is 0.0577 e. The quantitative estimate of drug-likeness (QED) is 0.632. The van der Waals surface area contributed by atoms with E-state index in [0.29, 0.717) is 6.10 Å². The van der Waals surface area contributed by atoms with Crippen molar-refractivity contribution in [3.8, 4) is 0 Å². The SMILES string of the molecule is CCOC1CCC(CC)C(C)C1. The minimum Gasteiger partial charge on any atom is -0.378 e. The Morgan fingerprint density at radius 1 is 1.25 bits per heavy atom. The second-order valence-corrected chi connectivity index (χ2v) is 4.04. The lowest BCUT2D eigenvalue weighted by atomic mass is 9.78. The molecule has 0 spiro atoms. The van der Waals surface area contributed by atoms with E-state index in [4.69, 9.17) is 4.74 Å². The summed E-state index contributed by atoms with van der Waals surface area (Å²) in [5.74, 6) is 1.84. The van der Waals surface area contributed by atoms with Gasteiger partial charge >= 0.3 is 0 Å². The van der Waals surface area contributed by atoms with Crippen LogP contribution >= 0.6 is 0 Å². The van der Waals surface area contributed by atoms with E-state index in [2.05, 4.69) is 20.8 Å². The molecule has 0 aromatic carbocycles. The van der Waals surface area contributed by atoms with Crippen LogP contribution in [0.4, 0.5) is 0 Å². The lowest BCUT2D eigenvalue weighted by molar-refractivity contribution is 0.00604. The molecule has 3 atom stereocenters. The van der Waals surface area contributed by atoms with Gasteiger partial charge in [-0.1, -0.05) is 20.3 Å². The van der Waals surface area contributed by atoms with Crippen LogP contribution in [0.25, 0.3) is 0 Å². The largest absolute Gasteiger partial charge is 0.378 e. The Morgan fingerprint density at radius 2 is 2.00 bits per heavy atom. The van der Waals surface area contributed by atoms with Gasteiger partial charge in [-0.15, -0.1) is 0 Å². The van der Waals surface area contributed by atoms with E-state index < -0.39 is 0 Å². The van der Waals surface area contributed by atoms with E-state index in [1.807, 2.05) is 0 Å². The van der Waals surface area contributed by atoms with Gasteiger partial charge in [0.2, 0.25) is 0 Å². The predicted molar refractivity (Wildman–Crippen MR) is 52.2 cm³/mol. The summed E-state index contributed by atoms with van der Waals surface area (Å²) in [6, 6.07) is 0. The summed E-state index contributed by atoms with van der Waals surface area (Å²) in [5.41, 5.74) is 0. The van der Waals surface area contributed by atoms with Gasteiger partial charge in [0.05, 0.1) is 6.10 Å². The first-order valence-electron chi connectivity index (χ1n) is 5.39. The van der Waals surface area contributed by atoms with Crippen LogP contribution in [0.1, 0.15) is 46.5 Å². The average Bonchev–Trinajstić information content (AvgIpc) is 2.05. The fourth-order valence-electron chi connectivity index (χ4n) is 2.40. The van der Waals surface area contributed by atoms with Crippen molar-refractivity contribution in [2.45, 2.75) is 52.6 Å². The molecule has 12 heavy (non-hydrogen) atoms. The number of hydrogen-bond donors (Lipinski definition) is 0. The van der Waals surface area contributed by atoms with Gasteiger partial charge < -0.3 is 4.74 Å². The first-order chi connectivity index (χ1) is 5.77. The first kappa shape index (κ1) is 10.0. The van der Waals surface area contributed by atoms with Crippen molar-refractivity contribution >= 4 is 0 Å². The third-order valence-electron chi connectivity index (χ3n) is 3.23. The molecule has 0 saturated heterocycles. The highest BCUT2D eigenvalue weighted by atomic mass is 16.5. The summed E-state index contributed by atoms with van der Waals surface area (Å²) in [6.07, 6.45) is 5.86. The van der Waals surface area contributed by atoms with Crippen molar-refractivity contribution in [2.24, 2.45) is 11.8 Å².